The molecule has 1 aliphatic heterocycles. The van der Waals surface area contributed by atoms with E-state index in [0.717, 1.165) is 36.8 Å². The third-order valence-corrected chi connectivity index (χ3v) is 9.41. The standard InChI is InChI=1S/C35H46N4O8/c1-4-17-44-24-13-14-30-27(20-24)32-25(12-8-10-16-41)23(11-7-9-15-40)19-26-28(37-46-6-3)21-31(39-29(34(42)43)22-36-38-39)35(47-30,33(26)32)45-18-5-2/h4-5,13-14,19-20,22-23,25,31-33,40-41H,1-2,6-12,15-18,21H2,3H3,(H,42,43). The van der Waals surface area contributed by atoms with E-state index in [4.69, 9.17) is 19.0 Å². The SMILES string of the molecule is C=CCOc1ccc2c(c1)C1C(CCCCO)C(CCCCO)C=C3C(=NOCC)CC(n4nncc4C(=O)O)C(OCC=C)(O2)C31. The van der Waals surface area contributed by atoms with Gasteiger partial charge in [0, 0.05) is 31.1 Å². The maximum atomic E-state index is 12.4. The summed E-state index contributed by atoms with van der Waals surface area (Å²) in [5, 5.41) is 42.4. The van der Waals surface area contributed by atoms with Gasteiger partial charge >= 0.3 is 5.97 Å². The Balaban J connectivity index is 1.79. The van der Waals surface area contributed by atoms with Gasteiger partial charge in [-0.15, -0.1) is 11.7 Å². The Bertz CT molecular complexity index is 1470. The fourth-order valence-corrected chi connectivity index (χ4v) is 7.59. The van der Waals surface area contributed by atoms with Gasteiger partial charge in [0.2, 0.25) is 5.79 Å². The molecule has 6 atom stereocenters. The van der Waals surface area contributed by atoms with E-state index < -0.39 is 23.7 Å². The summed E-state index contributed by atoms with van der Waals surface area (Å²) in [5.74, 6) is -1.76. The summed E-state index contributed by atoms with van der Waals surface area (Å²) in [5.41, 5.74) is 2.45. The molecule has 3 N–H and O–H groups in total. The van der Waals surface area contributed by atoms with Crippen LogP contribution in [0.4, 0.5) is 0 Å². The normalized spacial score (nSPS) is 26.8. The van der Waals surface area contributed by atoms with Gasteiger partial charge in [-0.2, -0.15) is 0 Å². The average Bonchev–Trinajstić information content (AvgIpc) is 3.57. The highest BCUT2D eigenvalue weighted by Crippen LogP contribution is 2.63. The molecule has 1 aromatic heterocycles. The van der Waals surface area contributed by atoms with Gasteiger partial charge in [-0.1, -0.05) is 48.0 Å². The van der Waals surface area contributed by atoms with Gasteiger partial charge in [-0.05, 0) is 68.2 Å². The molecule has 0 amide bonds. The van der Waals surface area contributed by atoms with Crippen molar-refractivity contribution in [2.45, 2.75) is 69.6 Å². The average molecular weight is 651 g/mol. The molecule has 0 radical (unpaired) electrons. The van der Waals surface area contributed by atoms with Crippen LogP contribution in [-0.4, -0.2) is 80.8 Å². The van der Waals surface area contributed by atoms with Gasteiger partial charge in [-0.3, -0.25) is 0 Å². The van der Waals surface area contributed by atoms with Crippen molar-refractivity contribution in [3.05, 3.63) is 72.6 Å². The summed E-state index contributed by atoms with van der Waals surface area (Å²) in [6.07, 6.45) is 11.7. The van der Waals surface area contributed by atoms with Gasteiger partial charge in [-0.25, -0.2) is 9.48 Å². The van der Waals surface area contributed by atoms with Crippen molar-refractivity contribution in [2.24, 2.45) is 22.9 Å². The number of aromatic carboxylic acids is 1. The number of carboxylic acids is 1. The zero-order chi connectivity index (χ0) is 33.4. The van der Waals surface area contributed by atoms with Gasteiger partial charge in [0.05, 0.1) is 24.4 Å². The molecule has 3 aliphatic rings. The number of aliphatic hydroxyl groups is 2. The number of hydrogen-bond donors (Lipinski definition) is 3. The Morgan fingerprint density at radius 3 is 2.62 bits per heavy atom. The number of ether oxygens (including phenoxy) is 3. The molecule has 0 bridgehead atoms. The number of allylic oxidation sites excluding steroid dienone is 1. The first kappa shape index (κ1) is 34.3. The first-order chi connectivity index (χ1) is 22.9. The molecule has 2 heterocycles. The first-order valence-electron chi connectivity index (χ1n) is 16.5. The third kappa shape index (κ3) is 6.86. The zero-order valence-electron chi connectivity index (χ0n) is 27.0. The lowest BCUT2D eigenvalue weighted by molar-refractivity contribution is -0.252. The number of hydrogen-bond acceptors (Lipinski definition) is 10. The number of fused-ring (bicyclic) bond motifs is 2. The van der Waals surface area contributed by atoms with E-state index in [1.807, 2.05) is 25.1 Å². The fourth-order valence-electron chi connectivity index (χ4n) is 7.59. The molecule has 6 unspecified atom stereocenters. The zero-order valence-corrected chi connectivity index (χ0v) is 27.0. The fraction of sp³-hybridized carbons (Fsp3) is 0.543. The van der Waals surface area contributed by atoms with Crippen molar-refractivity contribution in [1.82, 2.24) is 15.0 Å². The summed E-state index contributed by atoms with van der Waals surface area (Å²) in [6.45, 7) is 10.6. The molecular formula is C35H46N4O8. The van der Waals surface area contributed by atoms with Gasteiger partial charge < -0.3 is 34.4 Å². The summed E-state index contributed by atoms with van der Waals surface area (Å²) in [6, 6.07) is 4.97. The second-order valence-electron chi connectivity index (χ2n) is 12.2. The van der Waals surface area contributed by atoms with Crippen molar-refractivity contribution in [1.29, 1.82) is 0 Å². The van der Waals surface area contributed by atoms with Crippen molar-refractivity contribution in [3.63, 3.8) is 0 Å². The van der Waals surface area contributed by atoms with E-state index in [9.17, 15) is 20.1 Å². The van der Waals surface area contributed by atoms with Gasteiger partial charge in [0.15, 0.2) is 5.69 Å². The van der Waals surface area contributed by atoms with Crippen molar-refractivity contribution in [2.75, 3.05) is 33.0 Å². The van der Waals surface area contributed by atoms with E-state index >= 15 is 0 Å². The molecule has 12 heteroatoms. The summed E-state index contributed by atoms with van der Waals surface area (Å²) in [4.78, 5) is 18.1. The van der Waals surface area contributed by atoms with E-state index in [1.54, 1.807) is 12.2 Å². The second kappa shape index (κ2) is 15.7. The maximum absolute atomic E-state index is 12.4. The molecule has 12 nitrogen and oxygen atoms in total. The van der Waals surface area contributed by atoms with E-state index in [2.05, 4.69) is 34.7 Å². The van der Waals surface area contributed by atoms with Crippen LogP contribution in [0.3, 0.4) is 0 Å². The summed E-state index contributed by atoms with van der Waals surface area (Å²) in [7, 11) is 0. The van der Waals surface area contributed by atoms with Crippen molar-refractivity contribution in [3.8, 4) is 11.5 Å². The lowest BCUT2D eigenvalue weighted by Crippen LogP contribution is -2.63. The Morgan fingerprint density at radius 2 is 1.91 bits per heavy atom. The van der Waals surface area contributed by atoms with Crippen LogP contribution in [0.5, 0.6) is 11.5 Å². The quantitative estimate of drug-likeness (QED) is 0.113. The van der Waals surface area contributed by atoms with Gasteiger partial charge in [0.25, 0.3) is 0 Å². The first-order valence-corrected chi connectivity index (χ1v) is 16.5. The smallest absolute Gasteiger partial charge is 0.355 e. The van der Waals surface area contributed by atoms with Crippen LogP contribution in [-0.2, 0) is 9.57 Å². The number of aliphatic hydroxyl groups excluding tert-OH is 2. The van der Waals surface area contributed by atoms with Crippen molar-refractivity contribution >= 4 is 11.7 Å². The Labute approximate surface area is 275 Å². The molecule has 1 saturated carbocycles. The number of aromatic nitrogens is 3. The molecule has 1 fully saturated rings. The number of nitrogens with zero attached hydrogens (tertiary/aromatic N) is 4. The molecule has 5 rings (SSSR count). The van der Waals surface area contributed by atoms with Crippen LogP contribution in [0, 0.1) is 17.8 Å². The minimum Gasteiger partial charge on any atom is -0.490 e. The van der Waals surface area contributed by atoms with Crippen LogP contribution >= 0.6 is 0 Å². The topological polar surface area (TPSA) is 158 Å². The number of rotatable bonds is 18. The Morgan fingerprint density at radius 1 is 1.15 bits per heavy atom. The third-order valence-electron chi connectivity index (χ3n) is 9.41. The highest BCUT2D eigenvalue weighted by molar-refractivity contribution is 6.02. The van der Waals surface area contributed by atoms with E-state index in [0.29, 0.717) is 43.3 Å². The number of benzene rings is 1. The molecule has 0 spiro atoms. The maximum Gasteiger partial charge on any atom is 0.355 e. The highest BCUT2D eigenvalue weighted by atomic mass is 16.7. The van der Waals surface area contributed by atoms with Crippen LogP contribution < -0.4 is 9.47 Å². The number of carbonyl (C=O) groups is 1. The summed E-state index contributed by atoms with van der Waals surface area (Å²) >= 11 is 0. The molecule has 47 heavy (non-hydrogen) atoms. The number of carboxylic acid groups (broad SMARTS) is 1. The monoisotopic (exact) mass is 650 g/mol. The van der Waals surface area contributed by atoms with Crippen LogP contribution in [0.15, 0.2) is 66.5 Å². The Hall–Kier alpha value is -4.00. The molecular weight excluding hydrogens is 604 g/mol. The molecule has 0 saturated heterocycles. The minimum absolute atomic E-state index is 0.0831. The predicted octanol–water partition coefficient (Wildman–Crippen LogP) is 5.07. The van der Waals surface area contributed by atoms with Gasteiger partial charge in [0.1, 0.15) is 30.8 Å². The van der Waals surface area contributed by atoms with Crippen LogP contribution in [0.1, 0.15) is 79.9 Å². The van der Waals surface area contributed by atoms with E-state index in [1.165, 1.54) is 10.9 Å². The van der Waals surface area contributed by atoms with E-state index in [-0.39, 0.29) is 49.7 Å². The predicted molar refractivity (Wildman–Crippen MR) is 175 cm³/mol. The lowest BCUT2D eigenvalue weighted by atomic mass is 9.55. The molecule has 2 aliphatic carbocycles. The summed E-state index contributed by atoms with van der Waals surface area (Å²) < 4.78 is 21.2. The lowest BCUT2D eigenvalue weighted by Gasteiger charge is -2.58. The second-order valence-corrected chi connectivity index (χ2v) is 12.2. The minimum atomic E-state index is -1.42. The van der Waals surface area contributed by atoms with Crippen molar-refractivity contribution < 1.29 is 39.2 Å². The molecule has 1 aromatic carbocycles. The Kier molecular flexibility index (Phi) is 11.5. The highest BCUT2D eigenvalue weighted by Gasteiger charge is 2.65. The van der Waals surface area contributed by atoms with Crippen LogP contribution in [0.2, 0.25) is 0 Å². The molecule has 254 valence electrons. The molecule has 2 aromatic rings. The largest absolute Gasteiger partial charge is 0.490 e. The number of oxime groups is 1. The number of unbranched alkanes of at least 4 members (excludes halogenated alkanes) is 2. The van der Waals surface area contributed by atoms with Crippen LogP contribution in [0.25, 0.3) is 0 Å².